The predicted molar refractivity (Wildman–Crippen MR) is 124 cm³/mol. The summed E-state index contributed by atoms with van der Waals surface area (Å²) < 4.78 is 5.52. The molecule has 0 spiro atoms. The number of carboxylic acids is 1. The Labute approximate surface area is 194 Å². The largest absolute Gasteiger partial charge is 0.481 e. The number of aromatic amines is 1. The highest BCUT2D eigenvalue weighted by Gasteiger charge is 2.47. The Morgan fingerprint density at radius 1 is 1.30 bits per heavy atom. The number of ether oxygens (including phenoxy) is 1. The Bertz CT molecular complexity index is 1010. The number of nitrogens with zero attached hydrogens (tertiary/aromatic N) is 3. The molecule has 0 aliphatic carbocycles. The minimum absolute atomic E-state index is 0.0160. The molecule has 2 N–H and O–H groups in total. The highest BCUT2D eigenvalue weighted by atomic mass is 16.6. The zero-order valence-corrected chi connectivity index (χ0v) is 20.2. The normalized spacial score (nSPS) is 21.3. The van der Waals surface area contributed by atoms with Gasteiger partial charge in [0.1, 0.15) is 5.60 Å². The quantitative estimate of drug-likeness (QED) is 0.705. The number of fused-ring (bicyclic) bond motifs is 1. The van der Waals surface area contributed by atoms with E-state index in [0.717, 1.165) is 5.52 Å². The molecular formula is C24H34N4O5. The van der Waals surface area contributed by atoms with Crippen molar-refractivity contribution in [2.24, 2.45) is 11.3 Å². The lowest BCUT2D eigenvalue weighted by Crippen LogP contribution is -2.60. The van der Waals surface area contributed by atoms with Crippen LogP contribution in [0.15, 0.2) is 24.3 Å². The van der Waals surface area contributed by atoms with Crippen molar-refractivity contribution in [3.63, 3.8) is 0 Å². The number of amides is 2. The Balaban J connectivity index is 1.95. The molecule has 1 fully saturated rings. The Morgan fingerprint density at radius 2 is 1.97 bits per heavy atom. The van der Waals surface area contributed by atoms with Gasteiger partial charge in [0.05, 0.1) is 22.5 Å². The fraction of sp³-hybridized carbons (Fsp3) is 0.583. The van der Waals surface area contributed by atoms with E-state index < -0.39 is 29.1 Å². The number of piperidine rings is 1. The summed E-state index contributed by atoms with van der Waals surface area (Å²) in [7, 11) is 0. The van der Waals surface area contributed by atoms with E-state index in [1.54, 1.807) is 32.6 Å². The molecule has 9 nitrogen and oxygen atoms in total. The highest BCUT2D eigenvalue weighted by molar-refractivity contribution is 5.94. The lowest BCUT2D eigenvalue weighted by molar-refractivity contribution is -0.152. The first kappa shape index (κ1) is 24.5. The average molecular weight is 459 g/mol. The molecule has 0 radical (unpaired) electrons. The summed E-state index contributed by atoms with van der Waals surface area (Å²) in [5, 5.41) is 9.96. The van der Waals surface area contributed by atoms with Gasteiger partial charge < -0.3 is 24.6 Å². The van der Waals surface area contributed by atoms with Gasteiger partial charge in [0.25, 0.3) is 5.91 Å². The van der Waals surface area contributed by atoms with E-state index in [4.69, 9.17) is 4.74 Å². The number of carboxylic acid groups (broad SMARTS) is 1. The summed E-state index contributed by atoms with van der Waals surface area (Å²) in [6.07, 6.45) is -0.360. The third kappa shape index (κ3) is 5.64. The lowest BCUT2D eigenvalue weighted by atomic mass is 9.79. The number of carbonyl (C=O) groups excluding carboxylic acids is 2. The predicted octanol–water partition coefficient (Wildman–Crippen LogP) is 3.76. The van der Waals surface area contributed by atoms with Gasteiger partial charge >= 0.3 is 12.1 Å². The van der Waals surface area contributed by atoms with Crippen LogP contribution in [0, 0.1) is 11.3 Å². The lowest BCUT2D eigenvalue weighted by Gasteiger charge is -2.46. The highest BCUT2D eigenvalue weighted by Crippen LogP contribution is 2.34. The number of likely N-dealkylation sites (tertiary alicyclic amines) is 1. The Hall–Kier alpha value is -3.10. The number of nitrogens with one attached hydrogen (secondary N) is 1. The van der Waals surface area contributed by atoms with Crippen LogP contribution >= 0.6 is 0 Å². The van der Waals surface area contributed by atoms with Crippen LogP contribution < -0.4 is 0 Å². The van der Waals surface area contributed by atoms with Crippen molar-refractivity contribution in [2.45, 2.75) is 59.6 Å². The van der Waals surface area contributed by atoms with Crippen LogP contribution in [0.3, 0.4) is 0 Å². The zero-order valence-electron chi connectivity index (χ0n) is 20.2. The third-order valence-corrected chi connectivity index (χ3v) is 5.68. The zero-order chi connectivity index (χ0) is 24.6. The maximum atomic E-state index is 13.6. The van der Waals surface area contributed by atoms with Gasteiger partial charge in [0.2, 0.25) is 0 Å². The second-order valence-corrected chi connectivity index (χ2v) is 10.5. The molecule has 2 amide bonds. The number of hydrogen-bond acceptors (Lipinski definition) is 5. The molecule has 2 atom stereocenters. The van der Waals surface area contributed by atoms with Gasteiger partial charge in [-0.15, -0.1) is 0 Å². The van der Waals surface area contributed by atoms with E-state index in [9.17, 15) is 19.5 Å². The number of para-hydroxylation sites is 2. The number of benzene rings is 1. The molecule has 33 heavy (non-hydrogen) atoms. The molecule has 0 saturated carbocycles. The van der Waals surface area contributed by atoms with Crippen LogP contribution in [0.4, 0.5) is 4.79 Å². The molecule has 1 aliphatic rings. The van der Waals surface area contributed by atoms with Gasteiger partial charge in [0, 0.05) is 19.6 Å². The number of H-pyrrole nitrogens is 1. The van der Waals surface area contributed by atoms with Crippen molar-refractivity contribution < 1.29 is 24.2 Å². The molecule has 2 unspecified atom stereocenters. The molecule has 2 heterocycles. The van der Waals surface area contributed by atoms with Gasteiger partial charge in [-0.3, -0.25) is 9.59 Å². The fourth-order valence-corrected chi connectivity index (χ4v) is 4.20. The maximum Gasteiger partial charge on any atom is 0.410 e. The smallest absolute Gasteiger partial charge is 0.410 e. The fourth-order valence-electron chi connectivity index (χ4n) is 4.20. The number of aromatic nitrogens is 2. The van der Waals surface area contributed by atoms with E-state index in [1.807, 2.05) is 38.1 Å². The maximum absolute atomic E-state index is 13.6. The molecule has 1 saturated heterocycles. The van der Waals surface area contributed by atoms with Crippen molar-refractivity contribution in [1.82, 2.24) is 19.8 Å². The van der Waals surface area contributed by atoms with Gasteiger partial charge in [-0.05, 0) is 52.2 Å². The minimum atomic E-state index is -1.22. The summed E-state index contributed by atoms with van der Waals surface area (Å²) in [6, 6.07) is 6.87. The van der Waals surface area contributed by atoms with Gasteiger partial charge in [-0.2, -0.15) is 0 Å². The van der Waals surface area contributed by atoms with E-state index in [-0.39, 0.29) is 37.2 Å². The number of hydrogen-bond donors (Lipinski definition) is 2. The molecule has 1 aromatic heterocycles. The number of imidazole rings is 1. The minimum Gasteiger partial charge on any atom is -0.481 e. The van der Waals surface area contributed by atoms with Crippen LogP contribution in [-0.2, 0) is 9.53 Å². The SMILES string of the molecule is CC(C)CN(C(=O)c1nc2ccccc2[nH]1)C1CN(C(=O)OC(C)(C)C)CC(C)(C(=O)O)C1. The Kier molecular flexibility index (Phi) is 6.72. The third-order valence-electron chi connectivity index (χ3n) is 5.68. The van der Waals surface area contributed by atoms with E-state index in [2.05, 4.69) is 9.97 Å². The molecular weight excluding hydrogens is 424 g/mol. The van der Waals surface area contributed by atoms with Crippen molar-refractivity contribution in [3.8, 4) is 0 Å². The number of carbonyl (C=O) groups is 3. The van der Waals surface area contributed by atoms with Gasteiger partial charge in [-0.1, -0.05) is 26.0 Å². The molecule has 180 valence electrons. The molecule has 1 aromatic carbocycles. The molecule has 1 aliphatic heterocycles. The van der Waals surface area contributed by atoms with E-state index in [0.29, 0.717) is 12.1 Å². The molecule has 9 heteroatoms. The van der Waals surface area contributed by atoms with Crippen molar-refractivity contribution in [2.75, 3.05) is 19.6 Å². The molecule has 3 rings (SSSR count). The van der Waals surface area contributed by atoms with Gasteiger partial charge in [-0.25, -0.2) is 9.78 Å². The summed E-state index contributed by atoms with van der Waals surface area (Å²) in [6.45, 7) is 11.5. The topological polar surface area (TPSA) is 116 Å². The first-order chi connectivity index (χ1) is 15.3. The van der Waals surface area contributed by atoms with Gasteiger partial charge in [0.15, 0.2) is 5.82 Å². The average Bonchev–Trinajstić information content (AvgIpc) is 3.14. The number of rotatable bonds is 5. The van der Waals surface area contributed by atoms with Crippen LogP contribution in [-0.4, -0.2) is 74.1 Å². The number of aliphatic carboxylic acids is 1. The van der Waals surface area contributed by atoms with Crippen molar-refractivity contribution in [3.05, 3.63) is 30.1 Å². The molecule has 2 aromatic rings. The standard InChI is InChI=1S/C24H34N4O5/c1-15(2)12-28(20(29)19-25-17-9-7-8-10-18(17)26-19)16-11-24(6,21(30)31)14-27(13-16)22(32)33-23(3,4)5/h7-10,15-16H,11-14H2,1-6H3,(H,25,26)(H,30,31). The van der Waals surface area contributed by atoms with Crippen molar-refractivity contribution in [1.29, 1.82) is 0 Å². The summed E-state index contributed by atoms with van der Waals surface area (Å²) in [4.78, 5) is 49.2. The monoisotopic (exact) mass is 458 g/mol. The first-order valence-electron chi connectivity index (χ1n) is 11.3. The second-order valence-electron chi connectivity index (χ2n) is 10.5. The summed E-state index contributed by atoms with van der Waals surface area (Å²) in [5.41, 5.74) is -0.506. The first-order valence-corrected chi connectivity index (χ1v) is 11.3. The van der Waals surface area contributed by atoms with Crippen LogP contribution in [0.2, 0.25) is 0 Å². The van der Waals surface area contributed by atoms with Crippen LogP contribution in [0.25, 0.3) is 11.0 Å². The van der Waals surface area contributed by atoms with Crippen LogP contribution in [0.1, 0.15) is 58.6 Å². The summed E-state index contributed by atoms with van der Waals surface area (Å²) >= 11 is 0. The summed E-state index contributed by atoms with van der Waals surface area (Å²) in [5.74, 6) is -1.00. The van der Waals surface area contributed by atoms with E-state index in [1.165, 1.54) is 4.90 Å². The van der Waals surface area contributed by atoms with Crippen LogP contribution in [0.5, 0.6) is 0 Å². The molecule has 0 bridgehead atoms. The Morgan fingerprint density at radius 3 is 2.55 bits per heavy atom. The van der Waals surface area contributed by atoms with Crippen molar-refractivity contribution >= 4 is 29.0 Å². The van der Waals surface area contributed by atoms with E-state index >= 15 is 0 Å². The second kappa shape index (κ2) is 9.03.